The van der Waals surface area contributed by atoms with E-state index < -0.39 is 0 Å². The Hall–Kier alpha value is -1.31. The summed E-state index contributed by atoms with van der Waals surface area (Å²) in [5.74, 6) is 0. The summed E-state index contributed by atoms with van der Waals surface area (Å²) in [7, 11) is 0. The third kappa shape index (κ3) is 3.05. The molecule has 0 bridgehead atoms. The Bertz CT molecular complexity index is 604. The maximum atomic E-state index is 6.21. The number of halogens is 1. The molecule has 106 valence electrons. The molecular formula is C18H22ClN. The predicted octanol–water partition coefficient (Wildman–Crippen LogP) is 5.29. The Balaban J connectivity index is 2.56. The molecule has 1 atom stereocenters. The molecule has 1 N–H and O–H groups in total. The van der Waals surface area contributed by atoms with Gasteiger partial charge >= 0.3 is 0 Å². The van der Waals surface area contributed by atoms with E-state index in [0.29, 0.717) is 6.04 Å². The van der Waals surface area contributed by atoms with Gasteiger partial charge in [0.2, 0.25) is 0 Å². The van der Waals surface area contributed by atoms with E-state index in [1.54, 1.807) is 0 Å². The highest BCUT2D eigenvalue weighted by Gasteiger charge is 2.13. The van der Waals surface area contributed by atoms with Crippen LogP contribution >= 0.6 is 11.6 Å². The first-order valence-corrected chi connectivity index (χ1v) is 7.51. The van der Waals surface area contributed by atoms with Crippen LogP contribution in [0.5, 0.6) is 0 Å². The SMILES string of the molecule is CCNC(C)c1ccccc1-c1cc(C)c(Cl)cc1C. The normalized spacial score (nSPS) is 12.4. The van der Waals surface area contributed by atoms with Crippen molar-refractivity contribution in [3.05, 3.63) is 58.1 Å². The van der Waals surface area contributed by atoms with Crippen LogP contribution in [-0.4, -0.2) is 6.54 Å². The Morgan fingerprint density at radius 2 is 1.75 bits per heavy atom. The van der Waals surface area contributed by atoms with Crippen LogP contribution in [0.15, 0.2) is 36.4 Å². The summed E-state index contributed by atoms with van der Waals surface area (Å²) in [6.07, 6.45) is 0. The lowest BCUT2D eigenvalue weighted by Crippen LogP contribution is -2.18. The van der Waals surface area contributed by atoms with E-state index in [0.717, 1.165) is 17.1 Å². The zero-order chi connectivity index (χ0) is 14.7. The monoisotopic (exact) mass is 287 g/mol. The van der Waals surface area contributed by atoms with E-state index in [4.69, 9.17) is 11.6 Å². The predicted molar refractivity (Wildman–Crippen MR) is 88.5 cm³/mol. The largest absolute Gasteiger partial charge is 0.310 e. The van der Waals surface area contributed by atoms with Gasteiger partial charge in [-0.3, -0.25) is 0 Å². The summed E-state index contributed by atoms with van der Waals surface area (Å²) in [5.41, 5.74) is 6.24. The van der Waals surface area contributed by atoms with Gasteiger partial charge in [-0.15, -0.1) is 0 Å². The number of hydrogen-bond acceptors (Lipinski definition) is 1. The molecule has 0 aliphatic rings. The molecule has 0 saturated carbocycles. The first kappa shape index (κ1) is 15.1. The van der Waals surface area contributed by atoms with Crippen LogP contribution in [-0.2, 0) is 0 Å². The highest BCUT2D eigenvalue weighted by molar-refractivity contribution is 6.31. The summed E-state index contributed by atoms with van der Waals surface area (Å²) < 4.78 is 0. The summed E-state index contributed by atoms with van der Waals surface area (Å²) in [6, 6.07) is 13.2. The van der Waals surface area contributed by atoms with Gasteiger partial charge in [0.15, 0.2) is 0 Å². The fourth-order valence-electron chi connectivity index (χ4n) is 2.61. The van der Waals surface area contributed by atoms with Crippen molar-refractivity contribution in [1.29, 1.82) is 0 Å². The van der Waals surface area contributed by atoms with Crippen LogP contribution in [0.2, 0.25) is 5.02 Å². The molecule has 2 heteroatoms. The fraction of sp³-hybridized carbons (Fsp3) is 0.333. The van der Waals surface area contributed by atoms with Gasteiger partial charge in [0.25, 0.3) is 0 Å². The Labute approximate surface area is 127 Å². The maximum Gasteiger partial charge on any atom is 0.0438 e. The first-order chi connectivity index (χ1) is 9.54. The summed E-state index contributed by atoms with van der Waals surface area (Å²) in [4.78, 5) is 0. The Morgan fingerprint density at radius 1 is 1.05 bits per heavy atom. The molecule has 1 unspecified atom stereocenters. The Kier molecular flexibility index (Phi) is 4.85. The van der Waals surface area contributed by atoms with Crippen LogP contribution < -0.4 is 5.32 Å². The lowest BCUT2D eigenvalue weighted by Gasteiger charge is -2.19. The van der Waals surface area contributed by atoms with Gasteiger partial charge in [0.05, 0.1) is 0 Å². The van der Waals surface area contributed by atoms with Crippen molar-refractivity contribution in [2.75, 3.05) is 6.54 Å². The van der Waals surface area contributed by atoms with Gasteiger partial charge in [-0.05, 0) is 67.3 Å². The van der Waals surface area contributed by atoms with E-state index in [-0.39, 0.29) is 0 Å². The van der Waals surface area contributed by atoms with E-state index in [1.165, 1.54) is 22.3 Å². The fourth-order valence-corrected chi connectivity index (χ4v) is 2.83. The zero-order valence-electron chi connectivity index (χ0n) is 12.6. The van der Waals surface area contributed by atoms with Gasteiger partial charge in [-0.1, -0.05) is 42.8 Å². The van der Waals surface area contributed by atoms with Crippen LogP contribution in [0, 0.1) is 13.8 Å². The van der Waals surface area contributed by atoms with Crippen molar-refractivity contribution in [3.63, 3.8) is 0 Å². The third-order valence-corrected chi connectivity index (χ3v) is 4.14. The van der Waals surface area contributed by atoms with Crippen LogP contribution in [0.25, 0.3) is 11.1 Å². The van der Waals surface area contributed by atoms with Crippen molar-refractivity contribution in [2.24, 2.45) is 0 Å². The van der Waals surface area contributed by atoms with Gasteiger partial charge in [-0.2, -0.15) is 0 Å². The average molecular weight is 288 g/mol. The van der Waals surface area contributed by atoms with Crippen molar-refractivity contribution < 1.29 is 0 Å². The molecule has 1 nitrogen and oxygen atoms in total. The van der Waals surface area contributed by atoms with Crippen molar-refractivity contribution in [2.45, 2.75) is 33.7 Å². The van der Waals surface area contributed by atoms with E-state index in [9.17, 15) is 0 Å². The minimum Gasteiger partial charge on any atom is -0.310 e. The van der Waals surface area contributed by atoms with Crippen LogP contribution in [0.3, 0.4) is 0 Å². The minimum atomic E-state index is 0.339. The molecule has 2 aromatic rings. The standard InChI is InChI=1S/C18H22ClN/c1-5-20-14(4)15-8-6-7-9-16(15)17-10-13(3)18(19)11-12(17)2/h6-11,14,20H,5H2,1-4H3. The van der Waals surface area contributed by atoms with Crippen molar-refractivity contribution in [1.82, 2.24) is 5.32 Å². The minimum absolute atomic E-state index is 0.339. The van der Waals surface area contributed by atoms with E-state index in [1.807, 2.05) is 0 Å². The molecule has 0 aliphatic heterocycles. The summed E-state index contributed by atoms with van der Waals surface area (Å²) >= 11 is 6.21. The van der Waals surface area contributed by atoms with Crippen molar-refractivity contribution in [3.8, 4) is 11.1 Å². The smallest absolute Gasteiger partial charge is 0.0438 e. The number of aryl methyl sites for hydroxylation is 2. The summed E-state index contributed by atoms with van der Waals surface area (Å²) in [5, 5.41) is 4.33. The first-order valence-electron chi connectivity index (χ1n) is 7.14. The van der Waals surface area contributed by atoms with E-state index in [2.05, 4.69) is 69.4 Å². The maximum absolute atomic E-state index is 6.21. The molecule has 0 radical (unpaired) electrons. The molecule has 0 aromatic heterocycles. The second-order valence-corrected chi connectivity index (χ2v) is 5.69. The van der Waals surface area contributed by atoms with Crippen LogP contribution in [0.1, 0.15) is 36.6 Å². The highest BCUT2D eigenvalue weighted by Crippen LogP contribution is 2.33. The molecule has 0 fully saturated rings. The van der Waals surface area contributed by atoms with Gasteiger partial charge in [0.1, 0.15) is 0 Å². The van der Waals surface area contributed by atoms with E-state index >= 15 is 0 Å². The zero-order valence-corrected chi connectivity index (χ0v) is 13.4. The molecular weight excluding hydrogens is 266 g/mol. The number of hydrogen-bond donors (Lipinski definition) is 1. The lowest BCUT2D eigenvalue weighted by atomic mass is 9.92. The van der Waals surface area contributed by atoms with Crippen LogP contribution in [0.4, 0.5) is 0 Å². The van der Waals surface area contributed by atoms with Gasteiger partial charge in [-0.25, -0.2) is 0 Å². The molecule has 0 saturated heterocycles. The molecule has 2 aromatic carbocycles. The number of benzene rings is 2. The average Bonchev–Trinajstić information content (AvgIpc) is 2.43. The second-order valence-electron chi connectivity index (χ2n) is 5.28. The quantitative estimate of drug-likeness (QED) is 0.805. The lowest BCUT2D eigenvalue weighted by molar-refractivity contribution is 0.599. The summed E-state index contributed by atoms with van der Waals surface area (Å²) in [6.45, 7) is 9.49. The Morgan fingerprint density at radius 3 is 2.45 bits per heavy atom. The molecule has 20 heavy (non-hydrogen) atoms. The second kappa shape index (κ2) is 6.43. The van der Waals surface area contributed by atoms with Crippen molar-refractivity contribution >= 4 is 11.6 Å². The topological polar surface area (TPSA) is 12.0 Å². The molecule has 0 amide bonds. The molecule has 0 heterocycles. The van der Waals surface area contributed by atoms with Gasteiger partial charge in [0, 0.05) is 11.1 Å². The molecule has 0 spiro atoms. The highest BCUT2D eigenvalue weighted by atomic mass is 35.5. The number of nitrogens with one attached hydrogen (secondary N) is 1. The number of rotatable bonds is 4. The van der Waals surface area contributed by atoms with Gasteiger partial charge < -0.3 is 5.32 Å². The molecule has 2 rings (SSSR count). The molecule has 0 aliphatic carbocycles. The third-order valence-electron chi connectivity index (χ3n) is 3.73.